The molecule has 4 heteroatoms. The highest BCUT2D eigenvalue weighted by Crippen LogP contribution is 2.67. The summed E-state index contributed by atoms with van der Waals surface area (Å²) in [6.45, 7) is 10.1. The van der Waals surface area contributed by atoms with E-state index in [-0.39, 0.29) is 34.5 Å². The summed E-state index contributed by atoms with van der Waals surface area (Å²) in [5, 5.41) is 32.2. The molecule has 1 saturated carbocycles. The fraction of sp³-hybridized carbons (Fsp3) is 0.650. The number of fused-ring (bicyclic) bond motifs is 3. The summed E-state index contributed by atoms with van der Waals surface area (Å²) in [6.07, 6.45) is 3.77. The van der Waals surface area contributed by atoms with Gasteiger partial charge in [0.05, 0.1) is 0 Å². The van der Waals surface area contributed by atoms with Crippen molar-refractivity contribution >= 4 is 6.29 Å². The molecule has 2 aliphatic carbocycles. The first kappa shape index (κ1) is 17.1. The number of hydrogen-bond donors (Lipinski definition) is 3. The number of phenolic OH excluding ortho intramolecular Hbond substituents is 3. The molecule has 1 aromatic rings. The maximum atomic E-state index is 12.0. The molecule has 3 atom stereocenters. The average Bonchev–Trinajstić information content (AvgIpc) is 2.74. The Morgan fingerprint density at radius 3 is 2.21 bits per heavy atom. The Morgan fingerprint density at radius 1 is 1.04 bits per heavy atom. The van der Waals surface area contributed by atoms with Gasteiger partial charge >= 0.3 is 0 Å². The van der Waals surface area contributed by atoms with Gasteiger partial charge in [0.2, 0.25) is 0 Å². The number of phenols is 3. The van der Waals surface area contributed by atoms with Gasteiger partial charge in [0.15, 0.2) is 11.5 Å². The number of carbonyl (C=O) groups excluding carboxylic acids is 1. The van der Waals surface area contributed by atoms with E-state index < -0.39 is 11.3 Å². The van der Waals surface area contributed by atoms with Crippen molar-refractivity contribution in [3.05, 3.63) is 16.7 Å². The van der Waals surface area contributed by atoms with Crippen LogP contribution in [0.4, 0.5) is 0 Å². The van der Waals surface area contributed by atoms with Crippen LogP contribution < -0.4 is 0 Å². The van der Waals surface area contributed by atoms with Crippen LogP contribution >= 0.6 is 0 Å². The lowest BCUT2D eigenvalue weighted by Crippen LogP contribution is -2.44. The fourth-order valence-electron chi connectivity index (χ4n) is 5.76. The summed E-state index contributed by atoms with van der Waals surface area (Å²) in [6, 6.07) is 0. The van der Waals surface area contributed by atoms with Crippen LogP contribution in [0.2, 0.25) is 0 Å². The number of hydrogen-bond acceptors (Lipinski definition) is 4. The molecular weight excluding hydrogens is 304 g/mol. The van der Waals surface area contributed by atoms with Crippen molar-refractivity contribution in [2.45, 2.75) is 71.1 Å². The second kappa shape index (κ2) is 5.14. The molecule has 132 valence electrons. The van der Waals surface area contributed by atoms with Gasteiger partial charge in [0.1, 0.15) is 12.0 Å². The summed E-state index contributed by atoms with van der Waals surface area (Å²) >= 11 is 0. The van der Waals surface area contributed by atoms with Crippen molar-refractivity contribution in [3.63, 3.8) is 0 Å². The standard InChI is InChI=1S/C20H28O4/c1-10(2)12-15(22)13-11(9-21)18-19(3,4)7-6-8-20(18,5)14(13)17(24)16(12)23/h9-11,18,22-24H,6-8H2,1-5H3. The van der Waals surface area contributed by atoms with E-state index in [1.807, 2.05) is 13.8 Å². The van der Waals surface area contributed by atoms with E-state index in [1.54, 1.807) is 0 Å². The highest BCUT2D eigenvalue weighted by molar-refractivity contribution is 5.77. The van der Waals surface area contributed by atoms with E-state index in [2.05, 4.69) is 20.8 Å². The zero-order chi connectivity index (χ0) is 18.0. The van der Waals surface area contributed by atoms with E-state index in [1.165, 1.54) is 0 Å². The molecule has 4 nitrogen and oxygen atoms in total. The minimum absolute atomic E-state index is 0.00450. The van der Waals surface area contributed by atoms with Crippen molar-refractivity contribution < 1.29 is 20.1 Å². The highest BCUT2D eigenvalue weighted by atomic mass is 16.3. The van der Waals surface area contributed by atoms with Crippen molar-refractivity contribution in [3.8, 4) is 17.2 Å². The molecule has 0 spiro atoms. The van der Waals surface area contributed by atoms with Gasteiger partial charge in [-0.1, -0.05) is 41.0 Å². The third-order valence-electron chi connectivity index (χ3n) is 6.53. The first-order valence-corrected chi connectivity index (χ1v) is 8.84. The minimum atomic E-state index is -0.454. The van der Waals surface area contributed by atoms with Crippen molar-refractivity contribution in [2.75, 3.05) is 0 Å². The van der Waals surface area contributed by atoms with E-state index in [0.29, 0.717) is 16.7 Å². The topological polar surface area (TPSA) is 77.8 Å². The van der Waals surface area contributed by atoms with Crippen LogP contribution in [0.25, 0.3) is 0 Å². The highest BCUT2D eigenvalue weighted by Gasteiger charge is 2.59. The van der Waals surface area contributed by atoms with Gasteiger partial charge in [-0.05, 0) is 30.1 Å². The predicted molar refractivity (Wildman–Crippen MR) is 92.8 cm³/mol. The summed E-state index contributed by atoms with van der Waals surface area (Å²) in [7, 11) is 0. The molecule has 0 radical (unpaired) electrons. The molecule has 0 heterocycles. The third kappa shape index (κ3) is 1.95. The average molecular weight is 332 g/mol. The lowest BCUT2D eigenvalue weighted by atomic mass is 9.55. The maximum absolute atomic E-state index is 12.0. The third-order valence-corrected chi connectivity index (χ3v) is 6.53. The Morgan fingerprint density at radius 2 is 1.67 bits per heavy atom. The molecule has 0 bridgehead atoms. The molecule has 3 unspecified atom stereocenters. The summed E-state index contributed by atoms with van der Waals surface area (Å²) in [5.74, 6) is -1.01. The first-order chi connectivity index (χ1) is 11.1. The molecule has 0 aromatic heterocycles. The monoisotopic (exact) mass is 332 g/mol. The van der Waals surface area contributed by atoms with Crippen LogP contribution in [-0.4, -0.2) is 21.6 Å². The Kier molecular flexibility index (Phi) is 3.67. The fourth-order valence-corrected chi connectivity index (χ4v) is 5.76. The molecule has 24 heavy (non-hydrogen) atoms. The Bertz CT molecular complexity index is 704. The van der Waals surface area contributed by atoms with E-state index >= 15 is 0 Å². The van der Waals surface area contributed by atoms with Gasteiger partial charge in [-0.15, -0.1) is 0 Å². The smallest absolute Gasteiger partial charge is 0.165 e. The second-order valence-corrected chi connectivity index (χ2v) is 8.80. The molecule has 1 aromatic carbocycles. The quantitative estimate of drug-likeness (QED) is 0.428. The molecule has 3 N–H and O–H groups in total. The van der Waals surface area contributed by atoms with Crippen molar-refractivity contribution in [2.24, 2.45) is 11.3 Å². The maximum Gasteiger partial charge on any atom is 0.165 e. The number of rotatable bonds is 2. The van der Waals surface area contributed by atoms with Crippen LogP contribution in [0.3, 0.4) is 0 Å². The van der Waals surface area contributed by atoms with E-state index in [9.17, 15) is 20.1 Å². The van der Waals surface area contributed by atoms with Gasteiger partial charge in [0.25, 0.3) is 0 Å². The van der Waals surface area contributed by atoms with Crippen LogP contribution in [-0.2, 0) is 10.2 Å². The van der Waals surface area contributed by atoms with Crippen molar-refractivity contribution in [1.29, 1.82) is 0 Å². The van der Waals surface area contributed by atoms with Crippen LogP contribution in [0, 0.1) is 11.3 Å². The molecule has 1 fully saturated rings. The largest absolute Gasteiger partial charge is 0.507 e. The van der Waals surface area contributed by atoms with Gasteiger partial charge in [-0.25, -0.2) is 0 Å². The van der Waals surface area contributed by atoms with Gasteiger partial charge in [0, 0.05) is 28.0 Å². The second-order valence-electron chi connectivity index (χ2n) is 8.80. The number of aromatic hydroxyl groups is 3. The molecule has 0 aliphatic heterocycles. The Hall–Kier alpha value is -1.71. The van der Waals surface area contributed by atoms with Crippen LogP contribution in [0.5, 0.6) is 17.2 Å². The zero-order valence-electron chi connectivity index (χ0n) is 15.2. The SMILES string of the molecule is CC(C)c1c(O)c(O)c2c(c1O)C(C=O)C1C(C)(C)CCCC21C. The van der Waals surface area contributed by atoms with Crippen molar-refractivity contribution in [1.82, 2.24) is 0 Å². The van der Waals surface area contributed by atoms with E-state index in [0.717, 1.165) is 25.5 Å². The Balaban J connectivity index is 2.39. The van der Waals surface area contributed by atoms with E-state index in [4.69, 9.17) is 0 Å². The first-order valence-electron chi connectivity index (χ1n) is 8.84. The zero-order valence-corrected chi connectivity index (χ0v) is 15.2. The Labute approximate surface area is 143 Å². The summed E-state index contributed by atoms with van der Waals surface area (Å²) in [4.78, 5) is 12.0. The van der Waals surface area contributed by atoms with Crippen LogP contribution in [0.1, 0.15) is 82.4 Å². The lowest BCUT2D eigenvalue weighted by Gasteiger charge is -2.49. The summed E-state index contributed by atoms with van der Waals surface area (Å²) in [5.41, 5.74) is 0.947. The summed E-state index contributed by atoms with van der Waals surface area (Å²) < 4.78 is 0. The van der Waals surface area contributed by atoms with Gasteiger partial charge in [-0.3, -0.25) is 0 Å². The number of benzene rings is 1. The lowest BCUT2D eigenvalue weighted by molar-refractivity contribution is -0.112. The molecular formula is C20H28O4. The number of aldehydes is 1. The molecule has 3 rings (SSSR count). The van der Waals surface area contributed by atoms with Gasteiger partial charge in [-0.2, -0.15) is 0 Å². The minimum Gasteiger partial charge on any atom is -0.507 e. The van der Waals surface area contributed by atoms with Crippen LogP contribution in [0.15, 0.2) is 0 Å². The molecule has 0 saturated heterocycles. The molecule has 0 amide bonds. The molecule has 2 aliphatic rings. The predicted octanol–water partition coefficient (Wildman–Crippen LogP) is 4.31. The number of carbonyl (C=O) groups is 1. The normalized spacial score (nSPS) is 30.9. The van der Waals surface area contributed by atoms with Gasteiger partial charge < -0.3 is 20.1 Å².